The van der Waals surface area contributed by atoms with E-state index in [1.54, 1.807) is 0 Å². The SMILES string of the molecule is CNC(C)c1csc(NC(=O)Cc2ccc(F)cc2F)n1. The van der Waals surface area contributed by atoms with E-state index in [0.717, 1.165) is 17.8 Å². The van der Waals surface area contributed by atoms with Crippen LogP contribution in [0.5, 0.6) is 0 Å². The van der Waals surface area contributed by atoms with Crippen LogP contribution >= 0.6 is 11.3 Å². The zero-order valence-electron chi connectivity index (χ0n) is 11.6. The molecule has 1 aromatic heterocycles. The van der Waals surface area contributed by atoms with Crippen LogP contribution in [0.1, 0.15) is 24.2 Å². The molecule has 4 nitrogen and oxygen atoms in total. The van der Waals surface area contributed by atoms with Crippen LogP contribution in [0.25, 0.3) is 0 Å². The highest BCUT2D eigenvalue weighted by Crippen LogP contribution is 2.20. The molecule has 21 heavy (non-hydrogen) atoms. The minimum Gasteiger partial charge on any atom is -0.312 e. The van der Waals surface area contributed by atoms with Gasteiger partial charge in [-0.25, -0.2) is 13.8 Å². The van der Waals surface area contributed by atoms with Gasteiger partial charge in [-0.15, -0.1) is 11.3 Å². The summed E-state index contributed by atoms with van der Waals surface area (Å²) < 4.78 is 26.3. The highest BCUT2D eigenvalue weighted by Gasteiger charge is 2.12. The van der Waals surface area contributed by atoms with Gasteiger partial charge >= 0.3 is 0 Å². The van der Waals surface area contributed by atoms with Crippen LogP contribution in [0.2, 0.25) is 0 Å². The molecule has 1 unspecified atom stereocenters. The van der Waals surface area contributed by atoms with Gasteiger partial charge in [-0.1, -0.05) is 6.07 Å². The summed E-state index contributed by atoms with van der Waals surface area (Å²) in [5.41, 5.74) is 0.972. The zero-order valence-corrected chi connectivity index (χ0v) is 12.4. The average molecular weight is 311 g/mol. The van der Waals surface area contributed by atoms with E-state index in [1.165, 1.54) is 17.4 Å². The number of thiazole rings is 1. The van der Waals surface area contributed by atoms with Crippen LogP contribution < -0.4 is 10.6 Å². The van der Waals surface area contributed by atoms with Gasteiger partial charge in [0, 0.05) is 17.5 Å². The molecule has 1 amide bonds. The van der Waals surface area contributed by atoms with Crippen LogP contribution in [0.3, 0.4) is 0 Å². The second-order valence-electron chi connectivity index (χ2n) is 4.55. The third kappa shape index (κ3) is 4.05. The molecular formula is C14H15F2N3OS. The number of carbonyl (C=O) groups is 1. The maximum Gasteiger partial charge on any atom is 0.230 e. The Balaban J connectivity index is 2.00. The summed E-state index contributed by atoms with van der Waals surface area (Å²) in [6.07, 6.45) is -0.164. The van der Waals surface area contributed by atoms with Crippen LogP contribution in [-0.4, -0.2) is 17.9 Å². The van der Waals surface area contributed by atoms with E-state index in [9.17, 15) is 13.6 Å². The lowest BCUT2D eigenvalue weighted by Crippen LogP contribution is -2.16. The number of nitrogens with one attached hydrogen (secondary N) is 2. The summed E-state index contributed by atoms with van der Waals surface area (Å²) in [6, 6.07) is 3.24. The van der Waals surface area contributed by atoms with Crippen molar-refractivity contribution >= 4 is 22.4 Å². The van der Waals surface area contributed by atoms with E-state index in [1.807, 2.05) is 19.4 Å². The second-order valence-corrected chi connectivity index (χ2v) is 5.41. The van der Waals surface area contributed by atoms with E-state index >= 15 is 0 Å². The monoisotopic (exact) mass is 311 g/mol. The lowest BCUT2D eigenvalue weighted by Gasteiger charge is -2.05. The quantitative estimate of drug-likeness (QED) is 0.893. The van der Waals surface area contributed by atoms with E-state index in [4.69, 9.17) is 0 Å². The number of amides is 1. The number of hydrogen-bond acceptors (Lipinski definition) is 4. The molecule has 0 saturated carbocycles. The van der Waals surface area contributed by atoms with Crippen molar-refractivity contribution < 1.29 is 13.6 Å². The van der Waals surface area contributed by atoms with Crippen molar-refractivity contribution in [3.05, 3.63) is 46.5 Å². The van der Waals surface area contributed by atoms with Gasteiger partial charge in [0.15, 0.2) is 5.13 Å². The second kappa shape index (κ2) is 6.73. The van der Waals surface area contributed by atoms with Crippen LogP contribution in [0, 0.1) is 11.6 Å². The molecule has 2 rings (SSSR count). The van der Waals surface area contributed by atoms with Crippen molar-refractivity contribution in [3.63, 3.8) is 0 Å². The molecule has 112 valence electrons. The van der Waals surface area contributed by atoms with Gasteiger partial charge in [0.2, 0.25) is 5.91 Å². The topological polar surface area (TPSA) is 54.0 Å². The summed E-state index contributed by atoms with van der Waals surface area (Å²) in [5.74, 6) is -1.78. The number of carbonyl (C=O) groups excluding carboxylic acids is 1. The van der Waals surface area contributed by atoms with Gasteiger partial charge in [0.1, 0.15) is 11.6 Å². The predicted octanol–water partition coefficient (Wildman–Crippen LogP) is 2.88. The molecule has 0 bridgehead atoms. The first-order chi connectivity index (χ1) is 9.99. The molecule has 0 aliphatic rings. The number of benzene rings is 1. The molecular weight excluding hydrogens is 296 g/mol. The van der Waals surface area contributed by atoms with Gasteiger partial charge in [0.05, 0.1) is 12.1 Å². The number of rotatable bonds is 5. The van der Waals surface area contributed by atoms with E-state index < -0.39 is 17.5 Å². The first-order valence-electron chi connectivity index (χ1n) is 6.36. The molecule has 0 saturated heterocycles. The molecule has 0 aliphatic carbocycles. The first kappa shape index (κ1) is 15.5. The first-order valence-corrected chi connectivity index (χ1v) is 7.24. The number of aromatic nitrogens is 1. The molecule has 1 aromatic carbocycles. The predicted molar refractivity (Wildman–Crippen MR) is 78.3 cm³/mol. The van der Waals surface area contributed by atoms with E-state index in [0.29, 0.717) is 5.13 Å². The molecule has 0 radical (unpaired) electrons. The van der Waals surface area contributed by atoms with Crippen molar-refractivity contribution in [2.24, 2.45) is 0 Å². The van der Waals surface area contributed by atoms with Gasteiger partial charge in [-0.3, -0.25) is 4.79 Å². The van der Waals surface area contributed by atoms with Crippen molar-refractivity contribution in [1.82, 2.24) is 10.3 Å². The largest absolute Gasteiger partial charge is 0.312 e. The Labute approximate surface area is 125 Å². The summed E-state index contributed by atoms with van der Waals surface area (Å²) in [6.45, 7) is 1.95. The molecule has 0 fully saturated rings. The van der Waals surface area contributed by atoms with Gasteiger partial charge < -0.3 is 10.6 Å². The van der Waals surface area contributed by atoms with Crippen molar-refractivity contribution in [2.45, 2.75) is 19.4 Å². The Morgan fingerprint density at radius 1 is 1.43 bits per heavy atom. The number of nitrogens with zero attached hydrogens (tertiary/aromatic N) is 1. The molecule has 1 atom stereocenters. The fraction of sp³-hybridized carbons (Fsp3) is 0.286. The standard InChI is InChI=1S/C14H15F2N3OS/c1-8(17-2)12-7-21-14(18-12)19-13(20)5-9-3-4-10(15)6-11(9)16/h3-4,6-8,17H,5H2,1-2H3,(H,18,19,20). The molecule has 2 N–H and O–H groups in total. The van der Waals surface area contributed by atoms with Crippen LogP contribution in [0.15, 0.2) is 23.6 Å². The highest BCUT2D eigenvalue weighted by atomic mass is 32.1. The molecule has 7 heteroatoms. The normalized spacial score (nSPS) is 12.2. The van der Waals surface area contributed by atoms with E-state index in [2.05, 4.69) is 15.6 Å². The lowest BCUT2D eigenvalue weighted by atomic mass is 10.1. The smallest absolute Gasteiger partial charge is 0.230 e. The van der Waals surface area contributed by atoms with Crippen molar-refractivity contribution in [2.75, 3.05) is 12.4 Å². The minimum atomic E-state index is -0.728. The fourth-order valence-electron chi connectivity index (χ4n) is 1.69. The van der Waals surface area contributed by atoms with Gasteiger partial charge in [0.25, 0.3) is 0 Å². The number of halogens is 2. The number of anilines is 1. The summed E-state index contributed by atoms with van der Waals surface area (Å²) in [4.78, 5) is 16.1. The average Bonchev–Trinajstić information content (AvgIpc) is 2.89. The number of hydrogen-bond donors (Lipinski definition) is 2. The van der Waals surface area contributed by atoms with E-state index in [-0.39, 0.29) is 18.0 Å². The lowest BCUT2D eigenvalue weighted by molar-refractivity contribution is -0.115. The molecule has 0 spiro atoms. The minimum absolute atomic E-state index is 0.0847. The Morgan fingerprint density at radius 3 is 2.86 bits per heavy atom. The third-order valence-corrected chi connectivity index (χ3v) is 3.79. The zero-order chi connectivity index (χ0) is 15.4. The highest BCUT2D eigenvalue weighted by molar-refractivity contribution is 7.13. The van der Waals surface area contributed by atoms with Gasteiger partial charge in [-0.2, -0.15) is 0 Å². The molecule has 1 heterocycles. The van der Waals surface area contributed by atoms with Gasteiger partial charge in [-0.05, 0) is 25.6 Å². The summed E-state index contributed by atoms with van der Waals surface area (Å²) >= 11 is 1.30. The molecule has 2 aromatic rings. The Hall–Kier alpha value is -1.86. The van der Waals surface area contributed by atoms with Crippen LogP contribution in [0.4, 0.5) is 13.9 Å². The molecule has 0 aliphatic heterocycles. The summed E-state index contributed by atoms with van der Waals surface area (Å²) in [7, 11) is 1.82. The third-order valence-electron chi connectivity index (χ3n) is 3.01. The van der Waals surface area contributed by atoms with Crippen LogP contribution in [-0.2, 0) is 11.2 Å². The summed E-state index contributed by atoms with van der Waals surface area (Å²) in [5, 5.41) is 7.96. The maximum absolute atomic E-state index is 13.5. The van der Waals surface area contributed by atoms with Crippen molar-refractivity contribution in [3.8, 4) is 0 Å². The Kier molecular flexibility index (Phi) is 4.98. The fourth-order valence-corrected chi connectivity index (χ4v) is 2.51. The maximum atomic E-state index is 13.5. The Morgan fingerprint density at radius 2 is 2.19 bits per heavy atom. The Bertz CT molecular complexity index is 645. The van der Waals surface area contributed by atoms with Crippen molar-refractivity contribution in [1.29, 1.82) is 0 Å².